The monoisotopic (exact) mass is 672 g/mol. The number of rotatable bonds is 11. The molecule has 11 heteroatoms. The molecule has 1 atom stereocenters. The van der Waals surface area contributed by atoms with Gasteiger partial charge in [-0.15, -0.1) is 0 Å². The Morgan fingerprint density at radius 3 is 2.27 bits per heavy atom. The maximum atomic E-state index is 13.1. The van der Waals surface area contributed by atoms with Crippen molar-refractivity contribution < 1.29 is 19.1 Å². The van der Waals surface area contributed by atoms with Crippen LogP contribution in [0, 0.1) is 0 Å². The summed E-state index contributed by atoms with van der Waals surface area (Å²) in [5.41, 5.74) is 6.08. The quantitative estimate of drug-likeness (QED) is 0.191. The van der Waals surface area contributed by atoms with Crippen LogP contribution >= 0.6 is 34.8 Å². The molecule has 3 amide bonds. The Balaban J connectivity index is 1.39. The van der Waals surface area contributed by atoms with Gasteiger partial charge < -0.3 is 15.4 Å². The summed E-state index contributed by atoms with van der Waals surface area (Å²) < 4.78 is 6.04. The van der Waals surface area contributed by atoms with Crippen LogP contribution in [0.5, 0.6) is 5.75 Å². The smallest absolute Gasteiger partial charge is 0.262 e. The molecular formula is C34H39Cl3N4O4. The van der Waals surface area contributed by atoms with Gasteiger partial charge in [-0.3, -0.25) is 14.4 Å². The second-order valence-electron chi connectivity index (χ2n) is 12.4. The minimum atomic E-state index is -0.713. The molecule has 1 aliphatic rings. The highest BCUT2D eigenvalue weighted by Crippen LogP contribution is 2.39. The Hall–Kier alpha value is -3.30. The zero-order chi connectivity index (χ0) is 33.1. The molecule has 1 saturated heterocycles. The molecule has 0 aliphatic carbocycles. The molecule has 1 unspecified atom stereocenters. The normalized spacial score (nSPS) is 15.3. The van der Waals surface area contributed by atoms with Crippen LogP contribution < -0.4 is 25.8 Å². The van der Waals surface area contributed by atoms with E-state index in [1.54, 1.807) is 24.3 Å². The second-order valence-corrected chi connectivity index (χ2v) is 13.7. The van der Waals surface area contributed by atoms with Gasteiger partial charge in [-0.25, -0.2) is 10.4 Å². The van der Waals surface area contributed by atoms with Crippen LogP contribution in [0.4, 0.5) is 11.4 Å². The molecule has 3 aromatic carbocycles. The standard InChI is InChI=1S/C34H39Cl3N4O4/c1-7-33(3,4)21-12-13-27(24(15-21)34(5,6)8-2)45-19-29(42)38-23-11-9-10-20(14-23)32(44)39-28-18-30(43)41(40-28)31-25(36)16-22(35)17-26(31)37/h9-17,28,40H,7-8,18-19H2,1-6H3,(H,38,42)(H,39,44). The molecule has 240 valence electrons. The molecule has 0 spiro atoms. The van der Waals surface area contributed by atoms with Gasteiger partial charge >= 0.3 is 0 Å². The maximum Gasteiger partial charge on any atom is 0.262 e. The zero-order valence-corrected chi connectivity index (χ0v) is 28.6. The maximum absolute atomic E-state index is 13.1. The summed E-state index contributed by atoms with van der Waals surface area (Å²) in [7, 11) is 0. The molecule has 0 bridgehead atoms. The summed E-state index contributed by atoms with van der Waals surface area (Å²) in [6, 6.07) is 15.7. The van der Waals surface area contributed by atoms with Gasteiger partial charge in [0.05, 0.1) is 22.2 Å². The van der Waals surface area contributed by atoms with Crippen LogP contribution in [0.25, 0.3) is 0 Å². The topological polar surface area (TPSA) is 99.8 Å². The number of amides is 3. The number of halogens is 3. The van der Waals surface area contributed by atoms with Gasteiger partial charge in [0, 0.05) is 21.8 Å². The minimum Gasteiger partial charge on any atom is -0.483 e. The number of hydrogen-bond acceptors (Lipinski definition) is 5. The fourth-order valence-electron chi connectivity index (χ4n) is 4.88. The van der Waals surface area contributed by atoms with Crippen LogP contribution in [0.2, 0.25) is 15.1 Å². The number of nitrogens with one attached hydrogen (secondary N) is 3. The Labute approximate surface area is 279 Å². The number of benzene rings is 3. The molecule has 3 aromatic rings. The van der Waals surface area contributed by atoms with Gasteiger partial charge in [-0.05, 0) is 65.6 Å². The lowest BCUT2D eigenvalue weighted by Gasteiger charge is -2.30. The van der Waals surface area contributed by atoms with Crippen molar-refractivity contribution in [3.8, 4) is 5.75 Å². The molecule has 0 radical (unpaired) electrons. The third kappa shape index (κ3) is 8.11. The Morgan fingerprint density at radius 1 is 0.956 bits per heavy atom. The summed E-state index contributed by atoms with van der Waals surface area (Å²) >= 11 is 18.5. The molecule has 0 aromatic heterocycles. The summed E-state index contributed by atoms with van der Waals surface area (Å²) in [4.78, 5) is 38.7. The van der Waals surface area contributed by atoms with Gasteiger partial charge in [-0.1, -0.05) is 94.5 Å². The van der Waals surface area contributed by atoms with Crippen LogP contribution in [0.1, 0.15) is 82.3 Å². The van der Waals surface area contributed by atoms with Crippen LogP contribution in [-0.4, -0.2) is 30.5 Å². The molecular weight excluding hydrogens is 635 g/mol. The van der Waals surface area contributed by atoms with E-state index in [4.69, 9.17) is 39.5 Å². The van der Waals surface area contributed by atoms with Gasteiger partial charge in [0.1, 0.15) is 11.9 Å². The Morgan fingerprint density at radius 2 is 1.62 bits per heavy atom. The molecule has 45 heavy (non-hydrogen) atoms. The molecule has 0 saturated carbocycles. The molecule has 1 aliphatic heterocycles. The van der Waals surface area contributed by atoms with E-state index in [-0.39, 0.29) is 51.4 Å². The van der Waals surface area contributed by atoms with E-state index < -0.39 is 12.1 Å². The van der Waals surface area contributed by atoms with Crippen molar-refractivity contribution >= 4 is 63.9 Å². The van der Waals surface area contributed by atoms with E-state index in [0.29, 0.717) is 22.0 Å². The first-order valence-electron chi connectivity index (χ1n) is 14.9. The zero-order valence-electron chi connectivity index (χ0n) is 26.3. The summed E-state index contributed by atoms with van der Waals surface area (Å²) in [5, 5.41) is 7.51. The summed E-state index contributed by atoms with van der Waals surface area (Å²) in [6.07, 6.45) is 1.17. The number of hydrazine groups is 1. The van der Waals surface area contributed by atoms with Gasteiger partial charge in [0.15, 0.2) is 6.61 Å². The second kappa shape index (κ2) is 14.0. The van der Waals surface area contributed by atoms with Gasteiger partial charge in [-0.2, -0.15) is 0 Å². The first kappa shape index (κ1) is 34.6. The number of ether oxygens (including phenoxy) is 1. The van der Waals surface area contributed by atoms with E-state index >= 15 is 0 Å². The van der Waals surface area contributed by atoms with E-state index in [0.717, 1.165) is 18.4 Å². The van der Waals surface area contributed by atoms with Crippen molar-refractivity contribution in [1.29, 1.82) is 0 Å². The minimum absolute atomic E-state index is 0.0205. The predicted molar refractivity (Wildman–Crippen MR) is 182 cm³/mol. The Kier molecular flexibility index (Phi) is 10.8. The number of carbonyl (C=O) groups excluding carboxylic acids is 3. The van der Waals surface area contributed by atoms with Crippen molar-refractivity contribution in [3.63, 3.8) is 0 Å². The van der Waals surface area contributed by atoms with Crippen LogP contribution in [0.15, 0.2) is 54.6 Å². The summed E-state index contributed by atoms with van der Waals surface area (Å²) in [5.74, 6) is -0.457. The molecule has 1 fully saturated rings. The lowest BCUT2D eigenvalue weighted by atomic mass is 9.76. The lowest BCUT2D eigenvalue weighted by molar-refractivity contribution is -0.118. The third-order valence-electron chi connectivity index (χ3n) is 8.45. The fourth-order valence-corrected chi connectivity index (χ4v) is 5.87. The van der Waals surface area contributed by atoms with E-state index in [2.05, 4.69) is 69.7 Å². The molecule has 3 N–H and O–H groups in total. The number of nitrogens with zero attached hydrogens (tertiary/aromatic N) is 1. The van der Waals surface area contributed by atoms with Crippen molar-refractivity contribution in [2.24, 2.45) is 0 Å². The average Bonchev–Trinajstić information content (AvgIpc) is 3.34. The fraction of sp³-hybridized carbons (Fsp3) is 0.382. The highest BCUT2D eigenvalue weighted by atomic mass is 35.5. The average molecular weight is 674 g/mol. The molecule has 1 heterocycles. The van der Waals surface area contributed by atoms with Crippen LogP contribution in [-0.2, 0) is 20.4 Å². The first-order valence-corrected chi connectivity index (χ1v) is 16.0. The lowest BCUT2D eigenvalue weighted by Crippen LogP contribution is -2.46. The number of carbonyl (C=O) groups is 3. The molecule has 8 nitrogen and oxygen atoms in total. The van der Waals surface area contributed by atoms with E-state index in [1.807, 2.05) is 6.07 Å². The van der Waals surface area contributed by atoms with Gasteiger partial charge in [0.25, 0.3) is 11.8 Å². The molecule has 4 rings (SSSR count). The van der Waals surface area contributed by atoms with Gasteiger partial charge in [0.2, 0.25) is 5.91 Å². The van der Waals surface area contributed by atoms with Crippen molar-refractivity contribution in [2.45, 2.75) is 77.8 Å². The third-order valence-corrected chi connectivity index (χ3v) is 9.24. The Bertz CT molecular complexity index is 1580. The van der Waals surface area contributed by atoms with Crippen molar-refractivity contribution in [1.82, 2.24) is 10.7 Å². The van der Waals surface area contributed by atoms with E-state index in [9.17, 15) is 14.4 Å². The van der Waals surface area contributed by atoms with E-state index in [1.165, 1.54) is 22.7 Å². The predicted octanol–water partition coefficient (Wildman–Crippen LogP) is 8.04. The van der Waals surface area contributed by atoms with Crippen LogP contribution in [0.3, 0.4) is 0 Å². The van der Waals surface area contributed by atoms with Crippen molar-refractivity contribution in [2.75, 3.05) is 16.9 Å². The SMILES string of the molecule is CCC(C)(C)c1ccc(OCC(=O)Nc2cccc(C(=O)NC3CC(=O)N(c4c(Cl)cc(Cl)cc4Cl)N3)c2)c(C(C)(C)CC)c1. The highest BCUT2D eigenvalue weighted by Gasteiger charge is 2.34. The number of anilines is 2. The number of hydrogen-bond donors (Lipinski definition) is 3. The highest BCUT2D eigenvalue weighted by molar-refractivity contribution is 6.42. The first-order chi connectivity index (χ1) is 21.1. The summed E-state index contributed by atoms with van der Waals surface area (Å²) in [6.45, 7) is 12.9. The van der Waals surface area contributed by atoms with Crippen molar-refractivity contribution in [3.05, 3.63) is 86.4 Å². The largest absolute Gasteiger partial charge is 0.483 e.